The van der Waals surface area contributed by atoms with E-state index in [2.05, 4.69) is 5.43 Å². The zero-order valence-electron chi connectivity index (χ0n) is 12.2. The number of nitrogen functional groups attached to an aromatic ring is 1. The number of benzene rings is 1. The van der Waals surface area contributed by atoms with Crippen LogP contribution >= 0.6 is 11.6 Å². The van der Waals surface area contributed by atoms with Crippen LogP contribution in [-0.2, 0) is 0 Å². The molecule has 0 heterocycles. The maximum atomic E-state index is 12.3. The van der Waals surface area contributed by atoms with Gasteiger partial charge in [0.2, 0.25) is 0 Å². The van der Waals surface area contributed by atoms with Gasteiger partial charge in [-0.15, -0.1) is 0 Å². The van der Waals surface area contributed by atoms with Gasteiger partial charge in [0.1, 0.15) is 5.69 Å². The van der Waals surface area contributed by atoms with Crippen molar-refractivity contribution in [2.75, 3.05) is 19.0 Å². The number of hydrogen-bond acceptors (Lipinski definition) is 5. The molecular weight excluding hydrogens is 296 g/mol. The predicted molar refractivity (Wildman–Crippen MR) is 82.3 cm³/mol. The minimum absolute atomic E-state index is 0.0113. The molecule has 0 radical (unpaired) electrons. The molecule has 1 unspecified atom stereocenters. The molecule has 1 aromatic carbocycles. The van der Waals surface area contributed by atoms with Crippen LogP contribution in [0.2, 0.25) is 5.02 Å². The molecule has 0 aliphatic heterocycles. The van der Waals surface area contributed by atoms with E-state index in [0.717, 1.165) is 6.42 Å². The van der Waals surface area contributed by atoms with E-state index in [0.29, 0.717) is 12.5 Å². The molecule has 0 aromatic heterocycles. The van der Waals surface area contributed by atoms with E-state index in [4.69, 9.17) is 17.4 Å². The van der Waals surface area contributed by atoms with Crippen LogP contribution in [0.5, 0.6) is 0 Å². The summed E-state index contributed by atoms with van der Waals surface area (Å²) in [6, 6.07) is 2.55. The molecule has 0 aliphatic carbocycles. The number of hydrogen-bond donors (Lipinski definition) is 2. The Kier molecular flexibility index (Phi) is 5.92. The topological polar surface area (TPSA) is 102 Å². The summed E-state index contributed by atoms with van der Waals surface area (Å²) in [6.45, 7) is 4.63. The lowest BCUT2D eigenvalue weighted by Crippen LogP contribution is -2.31. The summed E-state index contributed by atoms with van der Waals surface area (Å²) in [7, 11) is 1.66. The second-order valence-electron chi connectivity index (χ2n) is 4.95. The van der Waals surface area contributed by atoms with E-state index in [1.165, 1.54) is 17.0 Å². The Morgan fingerprint density at radius 1 is 1.57 bits per heavy atom. The quantitative estimate of drug-likeness (QED) is 0.477. The van der Waals surface area contributed by atoms with Gasteiger partial charge in [-0.1, -0.05) is 31.9 Å². The van der Waals surface area contributed by atoms with E-state index >= 15 is 0 Å². The zero-order valence-corrected chi connectivity index (χ0v) is 13.0. The number of nitrogens with zero attached hydrogens (tertiary/aromatic N) is 2. The Bertz CT molecular complexity index is 550. The molecule has 0 aliphatic rings. The minimum Gasteiger partial charge on any atom is -0.341 e. The van der Waals surface area contributed by atoms with Gasteiger partial charge in [0.25, 0.3) is 11.6 Å². The molecule has 0 saturated heterocycles. The van der Waals surface area contributed by atoms with Crippen LogP contribution in [0.15, 0.2) is 12.1 Å². The number of rotatable bonds is 6. The molecule has 0 spiro atoms. The SMILES string of the molecule is CCC(C)CN(C)C(=O)c1cc(Cl)c(NN)c([N+](=O)[O-])c1. The zero-order chi connectivity index (χ0) is 16.2. The molecule has 21 heavy (non-hydrogen) atoms. The summed E-state index contributed by atoms with van der Waals surface area (Å²) >= 11 is 5.94. The van der Waals surface area contributed by atoms with E-state index in [9.17, 15) is 14.9 Å². The lowest BCUT2D eigenvalue weighted by atomic mass is 10.1. The average Bonchev–Trinajstić information content (AvgIpc) is 2.44. The smallest absolute Gasteiger partial charge is 0.295 e. The first-order valence-electron chi connectivity index (χ1n) is 6.51. The molecule has 1 atom stereocenters. The molecular formula is C13H19ClN4O3. The molecule has 0 fully saturated rings. The summed E-state index contributed by atoms with van der Waals surface area (Å²) in [5.74, 6) is 5.25. The third-order valence-corrected chi connectivity index (χ3v) is 3.58. The molecule has 0 bridgehead atoms. The first kappa shape index (κ1) is 17.2. The molecule has 7 nitrogen and oxygen atoms in total. The lowest BCUT2D eigenvalue weighted by molar-refractivity contribution is -0.384. The second kappa shape index (κ2) is 7.24. The molecule has 116 valence electrons. The summed E-state index contributed by atoms with van der Waals surface area (Å²) in [4.78, 5) is 24.2. The summed E-state index contributed by atoms with van der Waals surface area (Å²) < 4.78 is 0. The molecule has 3 N–H and O–H groups in total. The van der Waals surface area contributed by atoms with Crippen LogP contribution in [0.25, 0.3) is 0 Å². The normalized spacial score (nSPS) is 11.9. The molecule has 8 heteroatoms. The first-order chi connectivity index (χ1) is 9.81. The Morgan fingerprint density at radius 3 is 2.67 bits per heavy atom. The Hall–Kier alpha value is -1.86. The van der Waals surface area contributed by atoms with Crippen molar-refractivity contribution in [2.45, 2.75) is 20.3 Å². The Labute approximate surface area is 128 Å². The number of hydrazine groups is 1. The van der Waals surface area contributed by atoms with Crippen molar-refractivity contribution in [3.63, 3.8) is 0 Å². The maximum absolute atomic E-state index is 12.3. The van der Waals surface area contributed by atoms with Gasteiger partial charge >= 0.3 is 0 Å². The highest BCUT2D eigenvalue weighted by Gasteiger charge is 2.23. The van der Waals surface area contributed by atoms with Crippen molar-refractivity contribution < 1.29 is 9.72 Å². The van der Waals surface area contributed by atoms with Crippen LogP contribution in [0.1, 0.15) is 30.6 Å². The van der Waals surface area contributed by atoms with Crippen molar-refractivity contribution in [3.8, 4) is 0 Å². The fourth-order valence-electron chi connectivity index (χ4n) is 1.90. The van der Waals surface area contributed by atoms with Gasteiger partial charge in [0.05, 0.1) is 9.95 Å². The van der Waals surface area contributed by atoms with E-state index in [-0.39, 0.29) is 27.9 Å². The Morgan fingerprint density at radius 2 is 2.19 bits per heavy atom. The highest BCUT2D eigenvalue weighted by molar-refractivity contribution is 6.34. The van der Waals surface area contributed by atoms with Crippen molar-refractivity contribution in [3.05, 3.63) is 32.8 Å². The third-order valence-electron chi connectivity index (χ3n) is 3.29. The molecule has 0 saturated carbocycles. The van der Waals surface area contributed by atoms with E-state index < -0.39 is 4.92 Å². The Balaban J connectivity index is 3.13. The van der Waals surface area contributed by atoms with Gasteiger partial charge in [-0.25, -0.2) is 0 Å². The number of nitro benzene ring substituents is 1. The number of amides is 1. The third kappa shape index (κ3) is 4.05. The van der Waals surface area contributed by atoms with Gasteiger partial charge in [-0.2, -0.15) is 0 Å². The van der Waals surface area contributed by atoms with Crippen LogP contribution in [0, 0.1) is 16.0 Å². The fraction of sp³-hybridized carbons (Fsp3) is 0.462. The standard InChI is InChI=1S/C13H19ClN4O3/c1-4-8(2)7-17(3)13(19)9-5-10(14)12(16-15)11(6-9)18(20)21/h5-6,8,16H,4,7,15H2,1-3H3. The number of nitrogens with one attached hydrogen (secondary N) is 1. The van der Waals surface area contributed by atoms with Crippen molar-refractivity contribution in [1.82, 2.24) is 4.90 Å². The number of anilines is 1. The molecule has 1 rings (SSSR count). The van der Waals surface area contributed by atoms with Crippen LogP contribution in [0.3, 0.4) is 0 Å². The summed E-state index contributed by atoms with van der Waals surface area (Å²) in [5.41, 5.74) is 2.01. The maximum Gasteiger partial charge on any atom is 0.295 e. The number of carbonyl (C=O) groups is 1. The van der Waals surface area contributed by atoms with E-state index in [1.807, 2.05) is 13.8 Å². The van der Waals surface area contributed by atoms with E-state index in [1.54, 1.807) is 7.05 Å². The number of nitro groups is 1. The van der Waals surface area contributed by atoms with Crippen molar-refractivity contribution >= 4 is 28.9 Å². The highest BCUT2D eigenvalue weighted by atomic mass is 35.5. The summed E-state index contributed by atoms with van der Waals surface area (Å²) in [5, 5.41) is 11.1. The highest BCUT2D eigenvalue weighted by Crippen LogP contribution is 2.33. The number of halogens is 1. The number of nitrogens with two attached hydrogens (primary N) is 1. The second-order valence-corrected chi connectivity index (χ2v) is 5.36. The predicted octanol–water partition coefficient (Wildman–Crippen LogP) is 2.65. The molecule has 1 amide bonds. The van der Waals surface area contributed by atoms with Gasteiger partial charge in [0, 0.05) is 25.2 Å². The van der Waals surface area contributed by atoms with Crippen LogP contribution in [-0.4, -0.2) is 29.3 Å². The molecule has 1 aromatic rings. The van der Waals surface area contributed by atoms with Gasteiger partial charge < -0.3 is 10.3 Å². The fourth-order valence-corrected chi connectivity index (χ4v) is 2.17. The van der Waals surface area contributed by atoms with Gasteiger partial charge in [-0.05, 0) is 12.0 Å². The average molecular weight is 315 g/mol. The van der Waals surface area contributed by atoms with Crippen LogP contribution < -0.4 is 11.3 Å². The first-order valence-corrected chi connectivity index (χ1v) is 6.89. The largest absolute Gasteiger partial charge is 0.341 e. The van der Waals surface area contributed by atoms with Gasteiger partial charge in [0.15, 0.2) is 0 Å². The van der Waals surface area contributed by atoms with Crippen LogP contribution in [0.4, 0.5) is 11.4 Å². The number of carbonyl (C=O) groups excluding carboxylic acids is 1. The van der Waals surface area contributed by atoms with Gasteiger partial charge in [-0.3, -0.25) is 20.8 Å². The monoisotopic (exact) mass is 314 g/mol. The van der Waals surface area contributed by atoms with Crippen molar-refractivity contribution in [2.24, 2.45) is 11.8 Å². The van der Waals surface area contributed by atoms with Crippen molar-refractivity contribution in [1.29, 1.82) is 0 Å². The summed E-state index contributed by atoms with van der Waals surface area (Å²) in [6.07, 6.45) is 0.939. The lowest BCUT2D eigenvalue weighted by Gasteiger charge is -2.21. The minimum atomic E-state index is -0.632.